The van der Waals surface area contributed by atoms with E-state index in [1.807, 2.05) is 0 Å². The normalized spacial score (nSPS) is 10.0. The Hall–Kier alpha value is -2.63. The van der Waals surface area contributed by atoms with Gasteiger partial charge in [0.15, 0.2) is 0 Å². The van der Waals surface area contributed by atoms with Crippen molar-refractivity contribution in [3.63, 3.8) is 0 Å². The molecule has 19 heavy (non-hydrogen) atoms. The van der Waals surface area contributed by atoms with Crippen LogP contribution < -0.4 is 16.4 Å². The maximum absolute atomic E-state index is 13.3. The average molecular weight is 263 g/mol. The van der Waals surface area contributed by atoms with Crippen LogP contribution in [0, 0.1) is 11.6 Å². The second-order valence-corrected chi connectivity index (χ2v) is 3.80. The summed E-state index contributed by atoms with van der Waals surface area (Å²) in [6.07, 6.45) is 0. The smallest absolute Gasteiger partial charge is 0.323 e. The number of urea groups is 1. The summed E-state index contributed by atoms with van der Waals surface area (Å²) in [6.45, 7) is 0. The molecule has 0 saturated carbocycles. The zero-order valence-electron chi connectivity index (χ0n) is 9.78. The first kappa shape index (κ1) is 12.8. The fourth-order valence-electron chi connectivity index (χ4n) is 1.46. The largest absolute Gasteiger partial charge is 0.399 e. The molecule has 0 aliphatic carbocycles. The van der Waals surface area contributed by atoms with Crippen LogP contribution in [0.15, 0.2) is 42.5 Å². The van der Waals surface area contributed by atoms with Gasteiger partial charge >= 0.3 is 6.03 Å². The van der Waals surface area contributed by atoms with Crippen LogP contribution >= 0.6 is 0 Å². The molecule has 0 saturated heterocycles. The van der Waals surface area contributed by atoms with Gasteiger partial charge in [-0.25, -0.2) is 13.6 Å². The fraction of sp³-hybridized carbons (Fsp3) is 0. The Morgan fingerprint density at radius 2 is 1.53 bits per heavy atom. The van der Waals surface area contributed by atoms with Crippen LogP contribution in [0.1, 0.15) is 0 Å². The van der Waals surface area contributed by atoms with E-state index in [1.54, 1.807) is 24.3 Å². The molecule has 6 heteroatoms. The van der Waals surface area contributed by atoms with Gasteiger partial charge in [0.2, 0.25) is 0 Å². The number of anilines is 3. The maximum Gasteiger partial charge on any atom is 0.323 e. The van der Waals surface area contributed by atoms with Crippen molar-refractivity contribution in [2.75, 3.05) is 16.4 Å². The molecular weight excluding hydrogens is 252 g/mol. The number of benzene rings is 2. The molecule has 0 bridgehead atoms. The Morgan fingerprint density at radius 3 is 2.11 bits per heavy atom. The van der Waals surface area contributed by atoms with Gasteiger partial charge in [0.05, 0.1) is 0 Å². The molecule has 0 spiro atoms. The van der Waals surface area contributed by atoms with Crippen molar-refractivity contribution in [2.45, 2.75) is 0 Å². The summed E-state index contributed by atoms with van der Waals surface area (Å²) in [4.78, 5) is 11.6. The minimum atomic E-state index is -0.840. The van der Waals surface area contributed by atoms with Gasteiger partial charge in [-0.05, 0) is 36.4 Å². The number of carbonyl (C=O) groups excluding carboxylic acids is 1. The van der Waals surface area contributed by atoms with Crippen LogP contribution in [0.25, 0.3) is 0 Å². The van der Waals surface area contributed by atoms with Gasteiger partial charge < -0.3 is 16.4 Å². The Bertz CT molecular complexity index is 579. The van der Waals surface area contributed by atoms with Crippen LogP contribution in [0.2, 0.25) is 0 Å². The highest BCUT2D eigenvalue weighted by Gasteiger charge is 2.11. The molecule has 0 heterocycles. The van der Waals surface area contributed by atoms with Crippen LogP contribution in [0.5, 0.6) is 0 Å². The summed E-state index contributed by atoms with van der Waals surface area (Å²) in [7, 11) is 0. The van der Waals surface area contributed by atoms with E-state index in [-0.39, 0.29) is 0 Å². The summed E-state index contributed by atoms with van der Waals surface area (Å²) in [5.41, 5.74) is 6.01. The van der Waals surface area contributed by atoms with E-state index in [0.717, 1.165) is 12.1 Å². The van der Waals surface area contributed by atoms with Crippen LogP contribution in [0.4, 0.5) is 30.6 Å². The van der Waals surface area contributed by atoms with Crippen molar-refractivity contribution in [1.82, 2.24) is 0 Å². The maximum atomic E-state index is 13.3. The summed E-state index contributed by atoms with van der Waals surface area (Å²) in [6, 6.07) is 8.93. The lowest BCUT2D eigenvalue weighted by Gasteiger charge is -2.09. The number of halogens is 2. The molecule has 4 nitrogen and oxygen atoms in total. The van der Waals surface area contributed by atoms with Gasteiger partial charge in [-0.15, -0.1) is 0 Å². The Balaban J connectivity index is 2.07. The number of hydrogen-bond donors (Lipinski definition) is 3. The summed E-state index contributed by atoms with van der Waals surface area (Å²) >= 11 is 0. The molecule has 0 radical (unpaired) electrons. The first-order valence-corrected chi connectivity index (χ1v) is 5.44. The molecule has 4 N–H and O–H groups in total. The highest BCUT2D eigenvalue weighted by Crippen LogP contribution is 2.18. The molecule has 2 aromatic carbocycles. The van der Waals surface area contributed by atoms with Crippen molar-refractivity contribution >= 4 is 23.1 Å². The van der Waals surface area contributed by atoms with Crippen LogP contribution in [0.3, 0.4) is 0 Å². The van der Waals surface area contributed by atoms with Crippen LogP contribution in [-0.2, 0) is 0 Å². The number of nitrogens with one attached hydrogen (secondary N) is 2. The highest BCUT2D eigenvalue weighted by atomic mass is 19.1. The second kappa shape index (κ2) is 5.34. The van der Waals surface area contributed by atoms with E-state index >= 15 is 0 Å². The highest BCUT2D eigenvalue weighted by molar-refractivity contribution is 5.99. The molecule has 0 fully saturated rings. The minimum Gasteiger partial charge on any atom is -0.399 e. The van der Waals surface area contributed by atoms with Gasteiger partial charge in [-0.2, -0.15) is 0 Å². The quantitative estimate of drug-likeness (QED) is 0.728. The SMILES string of the molecule is Nc1ccc(NC(=O)Nc2c(F)cccc2F)cc1. The third-order valence-electron chi connectivity index (χ3n) is 2.37. The van der Waals surface area contributed by atoms with E-state index < -0.39 is 23.4 Å². The molecule has 2 amide bonds. The van der Waals surface area contributed by atoms with Crippen molar-refractivity contribution in [3.8, 4) is 0 Å². The molecule has 0 unspecified atom stereocenters. The number of rotatable bonds is 2. The molecule has 0 atom stereocenters. The number of nitrogens with two attached hydrogens (primary N) is 1. The minimum absolute atomic E-state index is 0.462. The van der Waals surface area contributed by atoms with Gasteiger partial charge in [-0.1, -0.05) is 6.07 Å². The van der Waals surface area contributed by atoms with E-state index in [1.165, 1.54) is 6.07 Å². The Kier molecular flexibility index (Phi) is 3.61. The molecular formula is C13H11F2N3O. The van der Waals surface area contributed by atoms with Crippen molar-refractivity contribution in [3.05, 3.63) is 54.1 Å². The Morgan fingerprint density at radius 1 is 0.947 bits per heavy atom. The van der Waals surface area contributed by atoms with E-state index in [0.29, 0.717) is 11.4 Å². The average Bonchev–Trinajstić information content (AvgIpc) is 2.37. The summed E-state index contributed by atoms with van der Waals surface area (Å²) < 4.78 is 26.6. The van der Waals surface area contributed by atoms with Gasteiger partial charge in [-0.3, -0.25) is 0 Å². The van der Waals surface area contributed by atoms with Crippen LogP contribution in [-0.4, -0.2) is 6.03 Å². The van der Waals surface area contributed by atoms with Crippen molar-refractivity contribution < 1.29 is 13.6 Å². The molecule has 0 aromatic heterocycles. The monoisotopic (exact) mass is 263 g/mol. The number of para-hydroxylation sites is 1. The third kappa shape index (κ3) is 3.19. The molecule has 0 aliphatic rings. The van der Waals surface area contributed by atoms with E-state index in [2.05, 4.69) is 10.6 Å². The van der Waals surface area contributed by atoms with E-state index in [9.17, 15) is 13.6 Å². The number of amides is 2. The first-order chi connectivity index (χ1) is 9.06. The molecule has 98 valence electrons. The number of hydrogen-bond acceptors (Lipinski definition) is 2. The second-order valence-electron chi connectivity index (χ2n) is 3.80. The number of nitrogen functional groups attached to an aromatic ring is 1. The lowest BCUT2D eigenvalue weighted by atomic mass is 10.3. The Labute approximate surface area is 108 Å². The molecule has 2 aromatic rings. The first-order valence-electron chi connectivity index (χ1n) is 5.44. The zero-order valence-corrected chi connectivity index (χ0v) is 9.78. The van der Waals surface area contributed by atoms with E-state index in [4.69, 9.17) is 5.73 Å². The molecule has 2 rings (SSSR count). The standard InChI is InChI=1S/C13H11F2N3O/c14-10-2-1-3-11(15)12(10)18-13(19)17-9-6-4-8(16)5-7-9/h1-7H,16H2,(H2,17,18,19). The predicted molar refractivity (Wildman–Crippen MR) is 69.9 cm³/mol. The van der Waals surface area contributed by atoms with Crippen molar-refractivity contribution in [1.29, 1.82) is 0 Å². The topological polar surface area (TPSA) is 67.1 Å². The summed E-state index contributed by atoms with van der Waals surface area (Å²) in [5.74, 6) is -1.68. The lowest BCUT2D eigenvalue weighted by Crippen LogP contribution is -2.20. The predicted octanol–water partition coefficient (Wildman–Crippen LogP) is 3.19. The fourth-order valence-corrected chi connectivity index (χ4v) is 1.46. The van der Waals surface area contributed by atoms with Crippen molar-refractivity contribution in [2.24, 2.45) is 0 Å². The van der Waals surface area contributed by atoms with Gasteiger partial charge in [0, 0.05) is 11.4 Å². The van der Waals surface area contributed by atoms with Gasteiger partial charge in [0.25, 0.3) is 0 Å². The number of carbonyl (C=O) groups is 1. The zero-order chi connectivity index (χ0) is 13.8. The lowest BCUT2D eigenvalue weighted by molar-refractivity contribution is 0.262. The summed E-state index contributed by atoms with van der Waals surface area (Å²) in [5, 5.41) is 4.54. The molecule has 0 aliphatic heterocycles. The third-order valence-corrected chi connectivity index (χ3v) is 2.37. The van der Waals surface area contributed by atoms with Gasteiger partial charge in [0.1, 0.15) is 17.3 Å².